The topological polar surface area (TPSA) is 239 Å². The monoisotopic (exact) mass is 691 g/mol. The van der Waals surface area contributed by atoms with Gasteiger partial charge in [-0.25, -0.2) is 4.98 Å². The van der Waals surface area contributed by atoms with Gasteiger partial charge in [-0.15, -0.1) is 10.2 Å². The number of carbonyl (C=O) groups excluding carboxylic acids is 5. The van der Waals surface area contributed by atoms with Gasteiger partial charge in [0.05, 0.1) is 6.42 Å². The number of aliphatic carboxylic acids is 1. The fourth-order valence-electron chi connectivity index (χ4n) is 5.35. The van der Waals surface area contributed by atoms with Crippen molar-refractivity contribution in [1.29, 1.82) is 0 Å². The fourth-order valence-corrected chi connectivity index (χ4v) is 5.35. The second-order valence-corrected chi connectivity index (χ2v) is 11.9. The maximum atomic E-state index is 14.4. The number of carbonyl (C=O) groups is 6. The number of hydrogen-bond donors (Lipinski definition) is 5. The zero-order chi connectivity index (χ0) is 36.0. The number of tetrazole rings is 1. The van der Waals surface area contributed by atoms with Crippen LogP contribution in [0.25, 0.3) is 0 Å². The number of rotatable bonds is 18. The van der Waals surface area contributed by atoms with E-state index in [4.69, 9.17) is 9.84 Å². The number of H-pyrrole nitrogens is 1. The van der Waals surface area contributed by atoms with Crippen molar-refractivity contribution in [3.05, 3.63) is 65.6 Å². The number of esters is 1. The van der Waals surface area contributed by atoms with Gasteiger partial charge in [0.2, 0.25) is 17.7 Å². The summed E-state index contributed by atoms with van der Waals surface area (Å²) in [5.74, 6) is -4.07. The Kier molecular flexibility index (Phi) is 13.5. The Hall–Kier alpha value is -5.74. The quantitative estimate of drug-likeness (QED) is 0.115. The molecule has 3 aromatic rings. The minimum atomic E-state index is -1.34. The highest BCUT2D eigenvalue weighted by Crippen LogP contribution is 2.31. The molecular weight excluding hydrogens is 650 g/mol. The summed E-state index contributed by atoms with van der Waals surface area (Å²) >= 11 is 0. The third-order valence-corrected chi connectivity index (χ3v) is 8.27. The molecule has 17 heteroatoms. The van der Waals surface area contributed by atoms with Crippen LogP contribution in [0.4, 0.5) is 5.82 Å². The summed E-state index contributed by atoms with van der Waals surface area (Å²) in [4.78, 5) is 83.7. The van der Waals surface area contributed by atoms with Gasteiger partial charge in [-0.3, -0.25) is 33.7 Å². The number of carboxylic acids is 1. The highest BCUT2D eigenvalue weighted by atomic mass is 16.5. The number of benzene rings is 1. The van der Waals surface area contributed by atoms with E-state index < -0.39 is 66.0 Å². The zero-order valence-corrected chi connectivity index (χ0v) is 27.8. The highest BCUT2D eigenvalue weighted by molar-refractivity contribution is 6.06. The number of anilines is 1. The van der Waals surface area contributed by atoms with Crippen LogP contribution < -0.4 is 20.9 Å². The van der Waals surface area contributed by atoms with Crippen LogP contribution in [-0.4, -0.2) is 91.0 Å². The fraction of sp³-hybridized carbons (Fsp3) is 0.455. The molecule has 0 spiro atoms. The molecule has 3 heterocycles. The molecule has 2 aromatic heterocycles. The average Bonchev–Trinajstić information content (AvgIpc) is 3.78. The Morgan fingerprint density at radius 3 is 2.52 bits per heavy atom. The van der Waals surface area contributed by atoms with Crippen LogP contribution in [0.3, 0.4) is 0 Å². The number of fused-ring (bicyclic) bond motifs is 1. The van der Waals surface area contributed by atoms with Gasteiger partial charge < -0.3 is 25.8 Å². The van der Waals surface area contributed by atoms with E-state index in [1.165, 1.54) is 11.1 Å². The first-order valence-electron chi connectivity index (χ1n) is 16.3. The number of pyridine rings is 1. The van der Waals surface area contributed by atoms with Crippen molar-refractivity contribution < 1.29 is 38.6 Å². The SMILES string of the molecule is CC[C@H](C)[C@H](NC(=O)CCC(=O)O)C(=O)NC(CCC(=O)OCc1ccccc1)C(=O)N1c2ncccc2CC1C(=O)NCCc1nn[nH]n1. The Balaban J connectivity index is 1.55. The lowest BCUT2D eigenvalue weighted by molar-refractivity contribution is -0.145. The molecule has 4 atom stereocenters. The third kappa shape index (κ3) is 10.4. The van der Waals surface area contributed by atoms with Crippen LogP contribution in [0, 0.1) is 5.92 Å². The van der Waals surface area contributed by atoms with E-state index in [9.17, 15) is 28.8 Å². The van der Waals surface area contributed by atoms with E-state index in [-0.39, 0.29) is 51.1 Å². The van der Waals surface area contributed by atoms with E-state index in [1.54, 1.807) is 43.3 Å². The predicted octanol–water partition coefficient (Wildman–Crippen LogP) is 0.615. The second-order valence-electron chi connectivity index (χ2n) is 11.9. The number of amides is 4. The molecular formula is C33H41N9O8. The first-order chi connectivity index (χ1) is 24.1. The molecule has 1 aromatic carbocycles. The highest BCUT2D eigenvalue weighted by Gasteiger charge is 2.43. The number of nitrogens with zero attached hydrogens (tertiary/aromatic N) is 5. The molecule has 5 N–H and O–H groups in total. The minimum absolute atomic E-state index is 0.0125. The van der Waals surface area contributed by atoms with Gasteiger partial charge in [0.15, 0.2) is 5.82 Å². The van der Waals surface area contributed by atoms with Crippen LogP contribution in [0.5, 0.6) is 0 Å². The van der Waals surface area contributed by atoms with Crippen molar-refractivity contribution in [2.45, 2.75) is 83.5 Å². The van der Waals surface area contributed by atoms with Crippen molar-refractivity contribution in [2.75, 3.05) is 11.4 Å². The summed E-state index contributed by atoms with van der Waals surface area (Å²) in [7, 11) is 0. The number of aromatic amines is 1. The van der Waals surface area contributed by atoms with Gasteiger partial charge in [0, 0.05) is 38.4 Å². The largest absolute Gasteiger partial charge is 0.481 e. The number of ether oxygens (including phenoxy) is 1. The number of nitrogens with one attached hydrogen (secondary N) is 4. The third-order valence-electron chi connectivity index (χ3n) is 8.27. The van der Waals surface area contributed by atoms with Crippen LogP contribution >= 0.6 is 0 Å². The molecule has 50 heavy (non-hydrogen) atoms. The van der Waals surface area contributed by atoms with Crippen molar-refractivity contribution in [3.8, 4) is 0 Å². The van der Waals surface area contributed by atoms with Gasteiger partial charge in [0.1, 0.15) is 30.6 Å². The standard InChI is InChI=1S/C33H41N9O8/c1-3-20(2)29(37-26(43)12-13-27(44)45)32(48)36-23(11-14-28(46)50-19-21-8-5-4-6-9-21)33(49)42-24(18-22-10-7-16-34-30(22)42)31(47)35-17-15-25-38-40-41-39-25/h4-10,16,20,23-24,29H,3,11-15,17-19H2,1-2H3,(H,35,47)(H,36,48)(H,37,43)(H,44,45)(H,38,39,40,41)/t20-,23?,24?,29-/m0/s1. The predicted molar refractivity (Wildman–Crippen MR) is 176 cm³/mol. The molecule has 2 unspecified atom stereocenters. The maximum absolute atomic E-state index is 14.4. The Morgan fingerprint density at radius 2 is 1.82 bits per heavy atom. The van der Waals surface area contributed by atoms with Crippen LogP contribution in [0.1, 0.15) is 62.9 Å². The van der Waals surface area contributed by atoms with Crippen LogP contribution in [-0.2, 0) is 53.0 Å². The molecule has 4 rings (SSSR count). The molecule has 1 aliphatic rings. The normalized spacial score (nSPS) is 15.2. The van der Waals surface area contributed by atoms with Crippen molar-refractivity contribution >= 4 is 41.4 Å². The van der Waals surface area contributed by atoms with E-state index in [0.717, 1.165) is 5.56 Å². The van der Waals surface area contributed by atoms with Gasteiger partial charge in [-0.05, 0) is 29.5 Å². The molecule has 0 aliphatic carbocycles. The molecule has 0 radical (unpaired) electrons. The lowest BCUT2D eigenvalue weighted by Gasteiger charge is -2.30. The summed E-state index contributed by atoms with van der Waals surface area (Å²) in [5, 5.41) is 30.7. The molecule has 0 saturated carbocycles. The zero-order valence-electron chi connectivity index (χ0n) is 27.8. The number of aromatic nitrogens is 5. The first kappa shape index (κ1) is 37.1. The Bertz CT molecular complexity index is 1640. The van der Waals surface area contributed by atoms with Crippen LogP contribution in [0.2, 0.25) is 0 Å². The van der Waals surface area contributed by atoms with E-state index in [1.807, 2.05) is 13.0 Å². The lowest BCUT2D eigenvalue weighted by Crippen LogP contribution is -2.58. The summed E-state index contributed by atoms with van der Waals surface area (Å²) < 4.78 is 5.41. The Labute approximate surface area is 287 Å². The van der Waals surface area contributed by atoms with Crippen molar-refractivity contribution in [1.82, 2.24) is 41.6 Å². The second kappa shape index (κ2) is 18.1. The van der Waals surface area contributed by atoms with Gasteiger partial charge in [-0.1, -0.05) is 61.9 Å². The van der Waals surface area contributed by atoms with Gasteiger partial charge in [0.25, 0.3) is 5.91 Å². The van der Waals surface area contributed by atoms with Gasteiger partial charge >= 0.3 is 11.9 Å². The van der Waals surface area contributed by atoms with Crippen molar-refractivity contribution in [3.63, 3.8) is 0 Å². The minimum Gasteiger partial charge on any atom is -0.481 e. The summed E-state index contributed by atoms with van der Waals surface area (Å²) in [6.07, 6.45) is 1.17. The summed E-state index contributed by atoms with van der Waals surface area (Å²) in [5.41, 5.74) is 1.40. The molecule has 0 saturated heterocycles. The molecule has 17 nitrogen and oxygen atoms in total. The molecule has 1 aliphatic heterocycles. The molecule has 266 valence electrons. The number of carboxylic acid groups (broad SMARTS) is 1. The maximum Gasteiger partial charge on any atom is 0.306 e. The summed E-state index contributed by atoms with van der Waals surface area (Å²) in [6.45, 7) is 3.72. The lowest BCUT2D eigenvalue weighted by atomic mass is 9.97. The first-order valence-corrected chi connectivity index (χ1v) is 16.3. The molecule has 0 fully saturated rings. The van der Waals surface area contributed by atoms with Gasteiger partial charge in [-0.2, -0.15) is 5.21 Å². The van der Waals surface area contributed by atoms with E-state index >= 15 is 0 Å². The van der Waals surface area contributed by atoms with E-state index in [2.05, 4.69) is 41.6 Å². The summed E-state index contributed by atoms with van der Waals surface area (Å²) in [6, 6.07) is 8.99. The smallest absolute Gasteiger partial charge is 0.306 e. The number of hydrogen-bond acceptors (Lipinski definition) is 11. The van der Waals surface area contributed by atoms with Crippen molar-refractivity contribution in [2.24, 2.45) is 5.92 Å². The van der Waals surface area contributed by atoms with E-state index in [0.29, 0.717) is 17.8 Å². The van der Waals surface area contributed by atoms with Crippen LogP contribution in [0.15, 0.2) is 48.7 Å². The molecule has 0 bridgehead atoms. The average molecular weight is 692 g/mol. The molecule has 4 amide bonds. The Morgan fingerprint density at radius 1 is 1.04 bits per heavy atom.